The second-order valence-electron chi connectivity index (χ2n) is 7.28. The monoisotopic (exact) mass is 394 g/mol. The van der Waals surface area contributed by atoms with Crippen LogP contribution in [0, 0.1) is 0 Å². The predicted molar refractivity (Wildman–Crippen MR) is 107 cm³/mol. The molecule has 0 spiro atoms. The Hall–Kier alpha value is -2.99. The van der Waals surface area contributed by atoms with Crippen molar-refractivity contribution in [3.63, 3.8) is 0 Å². The maximum absolute atomic E-state index is 12.0. The number of hydrogen-bond donors (Lipinski definition) is 2. The summed E-state index contributed by atoms with van der Waals surface area (Å²) in [5, 5.41) is 19.6. The van der Waals surface area contributed by atoms with Gasteiger partial charge in [0.25, 0.3) is 0 Å². The highest BCUT2D eigenvalue weighted by Gasteiger charge is 2.29. The van der Waals surface area contributed by atoms with Gasteiger partial charge in [0, 0.05) is 41.2 Å². The number of pyridine rings is 1. The average Bonchev–Trinajstić information content (AvgIpc) is 2.74. The second kappa shape index (κ2) is 7.79. The number of fused-ring (bicyclic) bond motifs is 2. The van der Waals surface area contributed by atoms with Gasteiger partial charge in [-0.05, 0) is 42.5 Å². The van der Waals surface area contributed by atoms with Crippen LogP contribution in [0.15, 0.2) is 24.4 Å². The van der Waals surface area contributed by atoms with Crippen LogP contribution in [0.5, 0.6) is 5.88 Å². The van der Waals surface area contributed by atoms with Crippen LogP contribution < -0.4 is 9.64 Å². The van der Waals surface area contributed by atoms with Gasteiger partial charge in [-0.15, -0.1) is 0 Å². The van der Waals surface area contributed by atoms with E-state index >= 15 is 0 Å². The molecule has 1 aromatic carbocycles. The predicted octanol–water partition coefficient (Wildman–Crippen LogP) is 2.07. The van der Waals surface area contributed by atoms with Gasteiger partial charge in [0.1, 0.15) is 12.5 Å². The molecule has 0 radical (unpaired) electrons. The molecule has 2 aromatic rings. The van der Waals surface area contributed by atoms with E-state index in [2.05, 4.69) is 4.98 Å². The van der Waals surface area contributed by atoms with Crippen LogP contribution in [0.2, 0.25) is 0 Å². The number of carbonyl (C=O) groups excluding carboxylic acids is 2. The third kappa shape index (κ3) is 3.34. The lowest BCUT2D eigenvalue weighted by atomic mass is 9.84. The highest BCUT2D eigenvalue weighted by Crippen LogP contribution is 2.43. The van der Waals surface area contributed by atoms with Crippen LogP contribution in [0.4, 0.5) is 5.69 Å². The van der Waals surface area contributed by atoms with E-state index in [4.69, 9.17) is 4.74 Å². The van der Waals surface area contributed by atoms with E-state index < -0.39 is 6.10 Å². The van der Waals surface area contributed by atoms with Crippen molar-refractivity contribution in [1.29, 1.82) is 0 Å². The first-order valence-electron chi connectivity index (χ1n) is 9.64. The number of anilines is 1. The van der Waals surface area contributed by atoms with E-state index in [1.54, 1.807) is 24.2 Å². The van der Waals surface area contributed by atoms with Gasteiger partial charge in [-0.2, -0.15) is 0 Å². The molecule has 1 atom stereocenters. The van der Waals surface area contributed by atoms with Gasteiger partial charge < -0.3 is 19.8 Å². The fourth-order valence-electron chi connectivity index (χ4n) is 4.11. The molecule has 150 valence electrons. The molecule has 2 N–H and O–H groups in total. The minimum Gasteiger partial charge on any atom is -0.475 e. The average molecular weight is 394 g/mol. The minimum atomic E-state index is -0.881. The van der Waals surface area contributed by atoms with Crippen LogP contribution in [-0.4, -0.2) is 47.3 Å². The normalized spacial score (nSPS) is 18.2. The number of hydrogen-bond acceptors (Lipinski definition) is 6. The van der Waals surface area contributed by atoms with Gasteiger partial charge >= 0.3 is 0 Å². The molecule has 7 heteroatoms. The number of nitrogens with zero attached hydrogens (tertiary/aromatic N) is 2. The zero-order valence-electron chi connectivity index (χ0n) is 16.1. The first kappa shape index (κ1) is 19.3. The number of aliphatic hydroxyl groups is 2. The smallest absolute Gasteiger partial charge is 0.229 e. The molecule has 1 aliphatic carbocycles. The molecule has 1 aromatic heterocycles. The van der Waals surface area contributed by atoms with E-state index in [0.717, 1.165) is 35.1 Å². The van der Waals surface area contributed by atoms with Gasteiger partial charge in [0.05, 0.1) is 19.1 Å². The molecule has 1 unspecified atom stereocenters. The van der Waals surface area contributed by atoms with Crippen molar-refractivity contribution in [3.8, 4) is 17.0 Å². The Morgan fingerprint density at radius 1 is 1.34 bits per heavy atom. The summed E-state index contributed by atoms with van der Waals surface area (Å²) < 4.78 is 5.69. The lowest BCUT2D eigenvalue weighted by Gasteiger charge is -2.30. The van der Waals surface area contributed by atoms with E-state index in [0.29, 0.717) is 29.1 Å². The van der Waals surface area contributed by atoms with Crippen molar-refractivity contribution in [3.05, 3.63) is 41.1 Å². The first-order chi connectivity index (χ1) is 14.0. The van der Waals surface area contributed by atoms with E-state index in [1.807, 2.05) is 18.1 Å². The topological polar surface area (TPSA) is 100.0 Å². The maximum Gasteiger partial charge on any atom is 0.229 e. The Kier molecular flexibility index (Phi) is 5.20. The molecule has 0 fully saturated rings. The van der Waals surface area contributed by atoms with Gasteiger partial charge in [-0.25, -0.2) is 9.78 Å². The lowest BCUT2D eigenvalue weighted by molar-refractivity contribution is -0.120. The molecule has 2 aliphatic rings. The Labute approximate surface area is 168 Å². The van der Waals surface area contributed by atoms with E-state index in [9.17, 15) is 19.8 Å². The van der Waals surface area contributed by atoms with Crippen LogP contribution in [0.1, 0.15) is 42.1 Å². The van der Waals surface area contributed by atoms with Crippen molar-refractivity contribution in [2.24, 2.45) is 0 Å². The summed E-state index contributed by atoms with van der Waals surface area (Å²) >= 11 is 0. The standard InChI is InChI=1S/C22H22N2O5/c1-24-18-6-5-13(9-16(18)19(27)10-20(24)28)21-15-4-2-3-14(12-26)17(15)11-23-22(21)29-8-7-25/h5-6,9,11,19,25,27H,2-4,7-8,10H2,1H3. The highest BCUT2D eigenvalue weighted by molar-refractivity contribution is 5.97. The molecule has 4 rings (SSSR count). The van der Waals surface area contributed by atoms with Crippen LogP contribution >= 0.6 is 0 Å². The minimum absolute atomic E-state index is 0.0317. The summed E-state index contributed by atoms with van der Waals surface area (Å²) in [5.41, 5.74) is 5.18. The van der Waals surface area contributed by atoms with Gasteiger partial charge in [0.15, 0.2) is 0 Å². The van der Waals surface area contributed by atoms with Crippen molar-refractivity contribution < 1.29 is 24.5 Å². The third-order valence-corrected chi connectivity index (χ3v) is 5.56. The number of benzene rings is 1. The van der Waals surface area contributed by atoms with Crippen molar-refractivity contribution in [2.45, 2.75) is 31.8 Å². The second-order valence-corrected chi connectivity index (χ2v) is 7.28. The Morgan fingerprint density at radius 3 is 2.93 bits per heavy atom. The molecular weight excluding hydrogens is 372 g/mol. The van der Waals surface area contributed by atoms with Crippen LogP contribution in [-0.2, 0) is 16.0 Å². The summed E-state index contributed by atoms with van der Waals surface area (Å²) in [4.78, 5) is 29.4. The van der Waals surface area contributed by atoms with Gasteiger partial charge in [-0.3, -0.25) is 4.79 Å². The number of ether oxygens (including phenoxy) is 1. The molecule has 7 nitrogen and oxygen atoms in total. The molecule has 2 heterocycles. The lowest BCUT2D eigenvalue weighted by Crippen LogP contribution is -2.33. The third-order valence-electron chi connectivity index (χ3n) is 5.56. The Morgan fingerprint density at radius 2 is 2.17 bits per heavy atom. The van der Waals surface area contributed by atoms with Crippen molar-refractivity contribution >= 4 is 23.1 Å². The number of aromatic nitrogens is 1. The van der Waals surface area contributed by atoms with Gasteiger partial charge in [0.2, 0.25) is 11.8 Å². The number of aliphatic hydroxyl groups excluding tert-OH is 2. The molecule has 0 saturated heterocycles. The van der Waals surface area contributed by atoms with Gasteiger partial charge in [-0.1, -0.05) is 6.07 Å². The SMILES string of the molecule is CN1C(=O)CC(O)c2cc(-c3c(OCCO)ncc4c3CCCC4=C=O)ccc21. The summed E-state index contributed by atoms with van der Waals surface area (Å²) in [5.74, 6) is 2.27. The number of allylic oxidation sites excluding steroid dienone is 1. The van der Waals surface area contributed by atoms with E-state index in [-0.39, 0.29) is 25.5 Å². The zero-order chi connectivity index (χ0) is 20.5. The Balaban J connectivity index is 1.91. The number of carbonyl (C=O) groups is 1. The molecule has 0 saturated carbocycles. The highest BCUT2D eigenvalue weighted by atomic mass is 16.5. The van der Waals surface area contributed by atoms with Crippen LogP contribution in [0.25, 0.3) is 16.7 Å². The Bertz CT molecular complexity index is 1030. The molecular formula is C22H22N2O5. The molecule has 29 heavy (non-hydrogen) atoms. The summed E-state index contributed by atoms with van der Waals surface area (Å²) in [7, 11) is 1.69. The zero-order valence-corrected chi connectivity index (χ0v) is 16.1. The maximum atomic E-state index is 12.0. The largest absolute Gasteiger partial charge is 0.475 e. The quantitative estimate of drug-likeness (QED) is 0.770. The number of rotatable bonds is 4. The van der Waals surface area contributed by atoms with Crippen molar-refractivity contribution in [1.82, 2.24) is 4.98 Å². The molecule has 0 bridgehead atoms. The fraction of sp³-hybridized carbons (Fsp3) is 0.364. The summed E-state index contributed by atoms with van der Waals surface area (Å²) in [6, 6.07) is 5.52. The van der Waals surface area contributed by atoms with Crippen molar-refractivity contribution in [2.75, 3.05) is 25.2 Å². The molecule has 1 amide bonds. The summed E-state index contributed by atoms with van der Waals surface area (Å²) in [6.45, 7) is -0.0481. The molecule has 1 aliphatic heterocycles. The summed E-state index contributed by atoms with van der Waals surface area (Å²) in [6.07, 6.45) is 3.01. The first-order valence-corrected chi connectivity index (χ1v) is 9.64. The fourth-order valence-corrected chi connectivity index (χ4v) is 4.11. The van der Waals surface area contributed by atoms with Crippen LogP contribution in [0.3, 0.4) is 0 Å². The van der Waals surface area contributed by atoms with E-state index in [1.165, 1.54) is 0 Å². The number of amides is 1.